The Kier molecular flexibility index (Phi) is 3.74. The van der Waals surface area contributed by atoms with Crippen LogP contribution in [0.15, 0.2) is 36.4 Å². The van der Waals surface area contributed by atoms with Gasteiger partial charge in [0.1, 0.15) is 0 Å². The third kappa shape index (κ3) is 2.80. The molecule has 1 amide bonds. The minimum Gasteiger partial charge on any atom is -0.494 e. The van der Waals surface area contributed by atoms with Crippen LogP contribution in [-0.2, 0) is 0 Å². The molecule has 104 valence electrons. The van der Waals surface area contributed by atoms with E-state index in [0.29, 0.717) is 16.9 Å². The van der Waals surface area contributed by atoms with E-state index in [9.17, 15) is 9.18 Å². The number of amides is 1. The normalized spacial score (nSPS) is 10.1. The number of nitrogen functional groups attached to an aromatic ring is 2. The number of nitrogens with one attached hydrogen (secondary N) is 1. The lowest BCUT2D eigenvalue weighted by Gasteiger charge is -2.09. The van der Waals surface area contributed by atoms with Crippen molar-refractivity contribution in [2.75, 3.05) is 23.9 Å². The highest BCUT2D eigenvalue weighted by molar-refractivity contribution is 6.08. The van der Waals surface area contributed by atoms with Crippen molar-refractivity contribution in [3.8, 4) is 5.75 Å². The fraction of sp³-hybridized carbons (Fsp3) is 0.0714. The van der Waals surface area contributed by atoms with Gasteiger partial charge in [0.2, 0.25) is 0 Å². The number of benzene rings is 2. The molecule has 2 aromatic rings. The number of carbonyl (C=O) groups excluding carboxylic acids is 1. The molecule has 2 aromatic carbocycles. The Labute approximate surface area is 115 Å². The third-order valence-electron chi connectivity index (χ3n) is 2.73. The van der Waals surface area contributed by atoms with Gasteiger partial charge in [0.05, 0.1) is 12.7 Å². The second-order valence-corrected chi connectivity index (χ2v) is 4.15. The number of ether oxygens (including phenoxy) is 1. The summed E-state index contributed by atoms with van der Waals surface area (Å²) in [4.78, 5) is 12.1. The number of anilines is 3. The number of hydrogen-bond donors (Lipinski definition) is 3. The first-order valence-electron chi connectivity index (χ1n) is 5.81. The number of nitrogens with two attached hydrogens (primary N) is 2. The Morgan fingerprint density at radius 3 is 2.60 bits per heavy atom. The van der Waals surface area contributed by atoms with Crippen LogP contribution < -0.4 is 21.5 Å². The van der Waals surface area contributed by atoms with Gasteiger partial charge >= 0.3 is 0 Å². The van der Waals surface area contributed by atoms with Crippen molar-refractivity contribution in [1.29, 1.82) is 0 Å². The van der Waals surface area contributed by atoms with Crippen LogP contribution in [-0.4, -0.2) is 13.0 Å². The molecule has 5 N–H and O–H groups in total. The SMILES string of the molecule is COc1cc(NC(=O)c2ccc(N)cc2N)ccc1F. The van der Waals surface area contributed by atoms with E-state index >= 15 is 0 Å². The minimum absolute atomic E-state index is 0.0491. The Morgan fingerprint density at radius 2 is 1.95 bits per heavy atom. The van der Waals surface area contributed by atoms with Gasteiger partial charge in [-0.3, -0.25) is 4.79 Å². The fourth-order valence-electron chi connectivity index (χ4n) is 1.72. The average molecular weight is 275 g/mol. The van der Waals surface area contributed by atoms with E-state index in [4.69, 9.17) is 16.2 Å². The molecular weight excluding hydrogens is 261 g/mol. The van der Waals surface area contributed by atoms with Crippen molar-refractivity contribution >= 4 is 23.0 Å². The van der Waals surface area contributed by atoms with E-state index in [0.717, 1.165) is 0 Å². The Bertz CT molecular complexity index is 659. The molecule has 0 atom stereocenters. The maximum Gasteiger partial charge on any atom is 0.257 e. The van der Waals surface area contributed by atoms with Crippen molar-refractivity contribution < 1.29 is 13.9 Å². The van der Waals surface area contributed by atoms with Crippen LogP contribution in [0.25, 0.3) is 0 Å². The van der Waals surface area contributed by atoms with Crippen LogP contribution in [0.4, 0.5) is 21.5 Å². The molecule has 0 aliphatic rings. The second-order valence-electron chi connectivity index (χ2n) is 4.15. The van der Waals surface area contributed by atoms with Crippen LogP contribution in [0.5, 0.6) is 5.75 Å². The zero-order valence-corrected chi connectivity index (χ0v) is 10.8. The van der Waals surface area contributed by atoms with E-state index < -0.39 is 11.7 Å². The quantitative estimate of drug-likeness (QED) is 0.749. The highest BCUT2D eigenvalue weighted by Crippen LogP contribution is 2.23. The maximum atomic E-state index is 13.3. The zero-order valence-electron chi connectivity index (χ0n) is 10.8. The first-order chi connectivity index (χ1) is 9.51. The standard InChI is InChI=1S/C14H14FN3O2/c1-20-13-7-9(3-5-11(13)15)18-14(19)10-4-2-8(16)6-12(10)17/h2-7H,16-17H2,1H3,(H,18,19). The Morgan fingerprint density at radius 1 is 1.20 bits per heavy atom. The van der Waals surface area contributed by atoms with Crippen LogP contribution in [0.2, 0.25) is 0 Å². The van der Waals surface area contributed by atoms with Gasteiger partial charge in [0.25, 0.3) is 5.91 Å². The van der Waals surface area contributed by atoms with E-state index in [2.05, 4.69) is 5.32 Å². The lowest BCUT2D eigenvalue weighted by Crippen LogP contribution is -2.14. The summed E-state index contributed by atoms with van der Waals surface area (Å²) in [5, 5.41) is 2.61. The number of rotatable bonds is 3. The van der Waals surface area contributed by atoms with E-state index in [1.165, 1.54) is 37.4 Å². The summed E-state index contributed by atoms with van der Waals surface area (Å²) in [5.74, 6) is -0.860. The second kappa shape index (κ2) is 5.48. The predicted molar refractivity (Wildman–Crippen MR) is 76.2 cm³/mol. The Hall–Kier alpha value is -2.76. The van der Waals surface area contributed by atoms with E-state index in [-0.39, 0.29) is 11.4 Å². The summed E-state index contributed by atoms with van der Waals surface area (Å²) in [6.45, 7) is 0. The molecule has 5 nitrogen and oxygen atoms in total. The van der Waals surface area contributed by atoms with Crippen molar-refractivity contribution in [2.45, 2.75) is 0 Å². The number of carbonyl (C=O) groups is 1. The highest BCUT2D eigenvalue weighted by Gasteiger charge is 2.11. The number of hydrogen-bond acceptors (Lipinski definition) is 4. The molecule has 0 unspecified atom stereocenters. The van der Waals surface area contributed by atoms with Gasteiger partial charge in [-0.15, -0.1) is 0 Å². The molecule has 0 aliphatic carbocycles. The van der Waals surface area contributed by atoms with Gasteiger partial charge in [0, 0.05) is 23.1 Å². The summed E-state index contributed by atoms with van der Waals surface area (Å²) < 4.78 is 18.1. The summed E-state index contributed by atoms with van der Waals surface area (Å²) in [5.41, 5.74) is 12.7. The van der Waals surface area contributed by atoms with E-state index in [1.54, 1.807) is 6.07 Å². The molecule has 0 aromatic heterocycles. The smallest absolute Gasteiger partial charge is 0.257 e. The van der Waals surface area contributed by atoms with Crippen molar-refractivity contribution in [3.05, 3.63) is 47.8 Å². The van der Waals surface area contributed by atoms with Crippen LogP contribution in [0, 0.1) is 5.82 Å². The molecule has 0 radical (unpaired) electrons. The first kappa shape index (κ1) is 13.7. The highest BCUT2D eigenvalue weighted by atomic mass is 19.1. The van der Waals surface area contributed by atoms with Crippen LogP contribution in [0.1, 0.15) is 10.4 Å². The molecule has 0 aliphatic heterocycles. The molecule has 2 rings (SSSR count). The topological polar surface area (TPSA) is 90.4 Å². The van der Waals surface area contributed by atoms with Crippen molar-refractivity contribution in [1.82, 2.24) is 0 Å². The van der Waals surface area contributed by atoms with Gasteiger partial charge in [-0.2, -0.15) is 0 Å². The molecule has 20 heavy (non-hydrogen) atoms. The van der Waals surface area contributed by atoms with Crippen molar-refractivity contribution in [2.24, 2.45) is 0 Å². The van der Waals surface area contributed by atoms with Gasteiger partial charge < -0.3 is 21.5 Å². The lowest BCUT2D eigenvalue weighted by molar-refractivity contribution is 0.102. The molecule has 0 bridgehead atoms. The summed E-state index contributed by atoms with van der Waals surface area (Å²) in [6.07, 6.45) is 0. The molecule has 0 fully saturated rings. The summed E-state index contributed by atoms with van der Waals surface area (Å²) in [7, 11) is 1.35. The molecule has 6 heteroatoms. The molecule has 0 spiro atoms. The number of halogens is 1. The summed E-state index contributed by atoms with van der Waals surface area (Å²) in [6, 6.07) is 8.64. The maximum absolute atomic E-state index is 13.3. The molecular formula is C14H14FN3O2. The molecule has 0 saturated carbocycles. The predicted octanol–water partition coefficient (Wildman–Crippen LogP) is 2.25. The first-order valence-corrected chi connectivity index (χ1v) is 5.81. The fourth-order valence-corrected chi connectivity index (χ4v) is 1.72. The molecule has 0 saturated heterocycles. The van der Waals surface area contributed by atoms with Crippen LogP contribution in [0.3, 0.4) is 0 Å². The van der Waals surface area contributed by atoms with Gasteiger partial charge in [-0.25, -0.2) is 4.39 Å². The van der Waals surface area contributed by atoms with Crippen LogP contribution >= 0.6 is 0 Å². The van der Waals surface area contributed by atoms with Crippen molar-refractivity contribution in [3.63, 3.8) is 0 Å². The van der Waals surface area contributed by atoms with Gasteiger partial charge in [0.15, 0.2) is 11.6 Å². The zero-order chi connectivity index (χ0) is 14.7. The monoisotopic (exact) mass is 275 g/mol. The molecule has 0 heterocycles. The average Bonchev–Trinajstić information content (AvgIpc) is 2.40. The van der Waals surface area contributed by atoms with Gasteiger partial charge in [-0.1, -0.05) is 0 Å². The minimum atomic E-state index is -0.502. The van der Waals surface area contributed by atoms with E-state index in [1.807, 2.05) is 0 Å². The lowest BCUT2D eigenvalue weighted by atomic mass is 10.1. The summed E-state index contributed by atoms with van der Waals surface area (Å²) >= 11 is 0. The third-order valence-corrected chi connectivity index (χ3v) is 2.73. The van der Waals surface area contributed by atoms with Gasteiger partial charge in [-0.05, 0) is 30.3 Å². The number of methoxy groups -OCH3 is 1. The largest absolute Gasteiger partial charge is 0.494 e. The Balaban J connectivity index is 2.23.